The molecular weight excluding hydrogens is 250 g/mol. The van der Waals surface area contributed by atoms with Crippen LogP contribution in [0.25, 0.3) is 17.2 Å². The number of aromatic nitrogens is 1. The van der Waals surface area contributed by atoms with Crippen molar-refractivity contribution in [1.29, 1.82) is 0 Å². The molecule has 1 aromatic carbocycles. The largest absolute Gasteiger partial charge is 0.483 e. The van der Waals surface area contributed by atoms with Crippen molar-refractivity contribution in [3.63, 3.8) is 0 Å². The van der Waals surface area contributed by atoms with Crippen molar-refractivity contribution in [1.82, 2.24) is 4.98 Å². The number of benzene rings is 1. The number of rotatable bonds is 2. The molecule has 1 aliphatic heterocycles. The smallest absolute Gasteiger partial charge is 0.127 e. The average molecular weight is 267 g/mol. The fraction of sp³-hybridized carbons (Fsp3) is 0.235. The van der Waals surface area contributed by atoms with Crippen molar-refractivity contribution in [2.24, 2.45) is 0 Å². The number of pyridine rings is 1. The van der Waals surface area contributed by atoms with Crippen LogP contribution in [-0.4, -0.2) is 15.7 Å². The van der Waals surface area contributed by atoms with Crippen molar-refractivity contribution in [3.8, 4) is 16.9 Å². The van der Waals surface area contributed by atoms with E-state index in [4.69, 9.17) is 9.84 Å². The van der Waals surface area contributed by atoms with E-state index in [1.165, 1.54) is 0 Å². The Morgan fingerprint density at radius 1 is 1.15 bits per heavy atom. The highest BCUT2D eigenvalue weighted by molar-refractivity contribution is 5.71. The highest BCUT2D eigenvalue weighted by Gasteiger charge is 2.21. The van der Waals surface area contributed by atoms with E-state index in [-0.39, 0.29) is 12.2 Å². The quantitative estimate of drug-likeness (QED) is 0.906. The summed E-state index contributed by atoms with van der Waals surface area (Å²) < 4.78 is 5.92. The second-order valence-corrected chi connectivity index (χ2v) is 5.49. The minimum absolute atomic E-state index is 0.0457. The molecule has 0 bridgehead atoms. The molecule has 1 aromatic heterocycles. The van der Waals surface area contributed by atoms with E-state index in [1.54, 1.807) is 6.20 Å². The van der Waals surface area contributed by atoms with Crippen LogP contribution in [0.15, 0.2) is 42.6 Å². The molecule has 1 N–H and O–H groups in total. The van der Waals surface area contributed by atoms with Gasteiger partial charge < -0.3 is 9.84 Å². The van der Waals surface area contributed by atoms with Gasteiger partial charge in [-0.25, -0.2) is 0 Å². The molecule has 0 atom stereocenters. The predicted octanol–water partition coefficient (Wildman–Crippen LogP) is 3.43. The van der Waals surface area contributed by atoms with Gasteiger partial charge in [0.05, 0.1) is 12.3 Å². The molecule has 2 aromatic rings. The third-order valence-electron chi connectivity index (χ3n) is 3.36. The van der Waals surface area contributed by atoms with Gasteiger partial charge in [-0.2, -0.15) is 0 Å². The summed E-state index contributed by atoms with van der Waals surface area (Å²) >= 11 is 0. The third-order valence-corrected chi connectivity index (χ3v) is 3.36. The van der Waals surface area contributed by atoms with E-state index in [9.17, 15) is 0 Å². The Bertz CT molecular complexity index is 674. The zero-order chi connectivity index (χ0) is 14.2. The van der Waals surface area contributed by atoms with Gasteiger partial charge in [0.1, 0.15) is 11.4 Å². The van der Waals surface area contributed by atoms with Crippen LogP contribution >= 0.6 is 0 Å². The second kappa shape index (κ2) is 4.76. The van der Waals surface area contributed by atoms with Crippen molar-refractivity contribution in [3.05, 3.63) is 53.9 Å². The molecule has 0 radical (unpaired) electrons. The molecule has 3 nitrogen and oxygen atoms in total. The summed E-state index contributed by atoms with van der Waals surface area (Å²) in [5.74, 6) is 0.901. The monoisotopic (exact) mass is 267 g/mol. The summed E-state index contributed by atoms with van der Waals surface area (Å²) in [5.41, 5.74) is 3.63. The maximum Gasteiger partial charge on any atom is 0.127 e. The van der Waals surface area contributed by atoms with Gasteiger partial charge in [-0.1, -0.05) is 12.1 Å². The van der Waals surface area contributed by atoms with E-state index in [2.05, 4.69) is 23.2 Å². The van der Waals surface area contributed by atoms with Crippen molar-refractivity contribution in [2.75, 3.05) is 0 Å². The topological polar surface area (TPSA) is 42.4 Å². The lowest BCUT2D eigenvalue weighted by Crippen LogP contribution is -2.27. The van der Waals surface area contributed by atoms with E-state index in [0.717, 1.165) is 22.4 Å². The van der Waals surface area contributed by atoms with Gasteiger partial charge in [-0.3, -0.25) is 4.98 Å². The van der Waals surface area contributed by atoms with Gasteiger partial charge >= 0.3 is 0 Å². The minimum atomic E-state index is -0.255. The summed E-state index contributed by atoms with van der Waals surface area (Å²) in [6.45, 7) is 4.03. The lowest BCUT2D eigenvalue weighted by Gasteiger charge is -2.28. The number of aliphatic hydroxyl groups excluding tert-OH is 1. The van der Waals surface area contributed by atoms with Crippen LogP contribution in [0.2, 0.25) is 0 Å². The van der Waals surface area contributed by atoms with Gasteiger partial charge in [0.25, 0.3) is 0 Å². The Hall–Kier alpha value is -2.13. The summed E-state index contributed by atoms with van der Waals surface area (Å²) in [4.78, 5) is 4.10. The molecule has 0 aliphatic carbocycles. The van der Waals surface area contributed by atoms with Crippen LogP contribution in [0.4, 0.5) is 0 Å². The van der Waals surface area contributed by atoms with E-state index in [0.29, 0.717) is 5.69 Å². The first-order valence-electron chi connectivity index (χ1n) is 6.66. The number of hydrogen-bond donors (Lipinski definition) is 1. The Morgan fingerprint density at radius 3 is 2.75 bits per heavy atom. The first-order chi connectivity index (χ1) is 9.57. The number of fused-ring (bicyclic) bond motifs is 1. The first-order valence-corrected chi connectivity index (χ1v) is 6.66. The Labute approximate surface area is 118 Å². The molecular formula is C17H17NO2. The van der Waals surface area contributed by atoms with Crippen LogP contribution in [0.1, 0.15) is 25.1 Å². The number of nitrogens with zero attached hydrogens (tertiary/aromatic N) is 1. The Morgan fingerprint density at radius 2 is 1.95 bits per heavy atom. The molecule has 2 heterocycles. The summed E-state index contributed by atoms with van der Waals surface area (Å²) in [6.07, 6.45) is 5.87. The van der Waals surface area contributed by atoms with E-state index < -0.39 is 0 Å². The second-order valence-electron chi connectivity index (χ2n) is 5.49. The maximum atomic E-state index is 9.16. The van der Waals surface area contributed by atoms with Crippen molar-refractivity contribution in [2.45, 2.75) is 26.1 Å². The molecule has 3 rings (SSSR count). The highest BCUT2D eigenvalue weighted by atomic mass is 16.5. The number of aliphatic hydroxyl groups is 1. The fourth-order valence-electron chi connectivity index (χ4n) is 2.30. The van der Waals surface area contributed by atoms with Gasteiger partial charge in [0.2, 0.25) is 0 Å². The van der Waals surface area contributed by atoms with Crippen LogP contribution in [0.3, 0.4) is 0 Å². The van der Waals surface area contributed by atoms with E-state index in [1.807, 2.05) is 38.1 Å². The molecule has 0 saturated heterocycles. The van der Waals surface area contributed by atoms with Crippen LogP contribution in [-0.2, 0) is 6.61 Å². The Kier molecular flexibility index (Phi) is 3.07. The normalized spacial score (nSPS) is 15.6. The van der Waals surface area contributed by atoms with Gasteiger partial charge in [0.15, 0.2) is 0 Å². The minimum Gasteiger partial charge on any atom is -0.483 e. The van der Waals surface area contributed by atoms with E-state index >= 15 is 0 Å². The zero-order valence-electron chi connectivity index (χ0n) is 11.6. The number of ether oxygens (including phenoxy) is 1. The number of hydrogen-bond acceptors (Lipinski definition) is 3. The molecule has 0 saturated carbocycles. The third kappa shape index (κ3) is 2.45. The molecule has 20 heavy (non-hydrogen) atoms. The molecule has 1 aliphatic rings. The predicted molar refractivity (Wildman–Crippen MR) is 79.3 cm³/mol. The molecule has 0 fully saturated rings. The zero-order valence-corrected chi connectivity index (χ0v) is 11.6. The fourth-order valence-corrected chi connectivity index (χ4v) is 2.30. The van der Waals surface area contributed by atoms with Crippen molar-refractivity contribution >= 4 is 6.08 Å². The average Bonchev–Trinajstić information content (AvgIpc) is 2.46. The van der Waals surface area contributed by atoms with Crippen molar-refractivity contribution < 1.29 is 9.84 Å². The summed E-state index contributed by atoms with van der Waals surface area (Å²) in [7, 11) is 0. The lowest BCUT2D eigenvalue weighted by molar-refractivity contribution is 0.159. The van der Waals surface area contributed by atoms with Crippen LogP contribution in [0.5, 0.6) is 5.75 Å². The van der Waals surface area contributed by atoms with Gasteiger partial charge in [0, 0.05) is 11.8 Å². The maximum absolute atomic E-state index is 9.16. The summed E-state index contributed by atoms with van der Waals surface area (Å²) in [5, 5.41) is 9.16. The Balaban J connectivity index is 2.01. The standard InChI is InChI=1S/C17H17NO2/c1-17(2)7-5-14-9-12(3-4-16(14)20-17)13-6-8-18-15(10-13)11-19/h3-10,19H,11H2,1-2H3. The van der Waals surface area contributed by atoms with Gasteiger partial charge in [-0.15, -0.1) is 0 Å². The van der Waals surface area contributed by atoms with Crippen LogP contribution in [0, 0.1) is 0 Å². The van der Waals surface area contributed by atoms with Gasteiger partial charge in [-0.05, 0) is 55.3 Å². The molecule has 3 heteroatoms. The highest BCUT2D eigenvalue weighted by Crippen LogP contribution is 2.34. The summed E-state index contributed by atoms with van der Waals surface area (Å²) in [6, 6.07) is 9.97. The first kappa shape index (κ1) is 12.9. The lowest BCUT2D eigenvalue weighted by atomic mass is 9.98. The molecule has 0 unspecified atom stereocenters. The molecule has 102 valence electrons. The SMILES string of the molecule is CC1(C)C=Cc2cc(-c3ccnc(CO)c3)ccc2O1. The van der Waals surface area contributed by atoms with Crippen LogP contribution < -0.4 is 4.74 Å². The molecule has 0 spiro atoms. The molecule has 0 amide bonds.